The molecule has 0 aliphatic carbocycles. The van der Waals surface area contributed by atoms with Gasteiger partial charge in [0.1, 0.15) is 36.1 Å². The van der Waals surface area contributed by atoms with Gasteiger partial charge in [0, 0.05) is 55.7 Å². The number of carbonyl (C=O) groups excluding carboxylic acids is 1. The minimum Gasteiger partial charge on any atom is -0.489 e. The van der Waals surface area contributed by atoms with E-state index < -0.39 is 15.4 Å². The molecule has 0 spiro atoms. The van der Waals surface area contributed by atoms with E-state index in [1.54, 1.807) is 12.1 Å². The third-order valence-electron chi connectivity index (χ3n) is 9.48. The van der Waals surface area contributed by atoms with Crippen LogP contribution in [0.15, 0.2) is 114 Å². The molecule has 10 heteroatoms. The fourth-order valence-electron chi connectivity index (χ4n) is 6.64. The summed E-state index contributed by atoms with van der Waals surface area (Å²) in [6.07, 6.45) is 4.30. The summed E-state index contributed by atoms with van der Waals surface area (Å²) in [4.78, 5) is 17.0. The van der Waals surface area contributed by atoms with Crippen LogP contribution in [0.25, 0.3) is 21.9 Å². The molecule has 1 aliphatic heterocycles. The lowest BCUT2D eigenvalue weighted by Gasteiger charge is -2.36. The van der Waals surface area contributed by atoms with E-state index >= 15 is 0 Å². The number of carbonyl (C=O) groups is 1. The van der Waals surface area contributed by atoms with Crippen LogP contribution < -0.4 is 14.4 Å². The summed E-state index contributed by atoms with van der Waals surface area (Å²) in [6, 6.07) is 35.3. The van der Waals surface area contributed by atoms with E-state index in [0.29, 0.717) is 24.7 Å². The van der Waals surface area contributed by atoms with Crippen molar-refractivity contribution in [3.63, 3.8) is 0 Å². The summed E-state index contributed by atoms with van der Waals surface area (Å²) >= 11 is 0. The minimum absolute atomic E-state index is 0.00636. The fraction of sp³-hybridized carbons (Fsp3) is 0.356. The molecule has 1 heterocycles. The Kier molecular flexibility index (Phi) is 13.1. The van der Waals surface area contributed by atoms with Crippen molar-refractivity contribution >= 4 is 32.3 Å². The van der Waals surface area contributed by atoms with E-state index in [0.717, 1.165) is 90.9 Å². The van der Waals surface area contributed by atoms with Gasteiger partial charge in [0.05, 0.1) is 4.90 Å². The molecular weight excluding hydrogens is 713 g/mol. The van der Waals surface area contributed by atoms with Gasteiger partial charge in [-0.2, -0.15) is 0 Å². The van der Waals surface area contributed by atoms with Crippen molar-refractivity contribution in [3.8, 4) is 28.4 Å². The summed E-state index contributed by atoms with van der Waals surface area (Å²) in [5, 5.41) is 1.89. The SMILES string of the molecule is CC(C)(C)OC(=O)COCCCCCN1CCN(c2ccc(Oc3c(-c4ccc(S(C)(=O)=O)cc4)ccc4cc(OCc5ccccc5)ccc34)cc2)CC1. The Bertz CT molecular complexity index is 2120. The van der Waals surface area contributed by atoms with Gasteiger partial charge in [0.25, 0.3) is 0 Å². The van der Waals surface area contributed by atoms with Crippen LogP contribution in [0.5, 0.6) is 17.2 Å². The molecule has 0 aromatic heterocycles. The Morgan fingerprint density at radius 2 is 1.47 bits per heavy atom. The Morgan fingerprint density at radius 3 is 2.16 bits per heavy atom. The first-order valence-corrected chi connectivity index (χ1v) is 20.9. The number of unbranched alkanes of at least 4 members (excludes halogenated alkanes) is 2. The van der Waals surface area contributed by atoms with Crippen LogP contribution >= 0.6 is 0 Å². The van der Waals surface area contributed by atoms with Gasteiger partial charge in [0.2, 0.25) is 0 Å². The number of hydrogen-bond donors (Lipinski definition) is 0. The lowest BCUT2D eigenvalue weighted by molar-refractivity contribution is -0.160. The quantitative estimate of drug-likeness (QED) is 0.0721. The Balaban J connectivity index is 1.07. The highest BCUT2D eigenvalue weighted by Crippen LogP contribution is 2.41. The molecule has 0 bridgehead atoms. The summed E-state index contributed by atoms with van der Waals surface area (Å²) in [7, 11) is -3.32. The number of piperazine rings is 1. The molecule has 9 nitrogen and oxygen atoms in total. The smallest absolute Gasteiger partial charge is 0.332 e. The molecule has 0 radical (unpaired) electrons. The highest BCUT2D eigenvalue weighted by molar-refractivity contribution is 7.90. The number of hydrogen-bond acceptors (Lipinski definition) is 9. The van der Waals surface area contributed by atoms with Gasteiger partial charge in [-0.3, -0.25) is 4.90 Å². The number of benzene rings is 5. The van der Waals surface area contributed by atoms with Crippen LogP contribution in [0.3, 0.4) is 0 Å². The van der Waals surface area contributed by atoms with Gasteiger partial charge in [-0.25, -0.2) is 13.2 Å². The third-order valence-corrected chi connectivity index (χ3v) is 10.6. The predicted octanol–water partition coefficient (Wildman–Crippen LogP) is 8.93. The molecule has 0 amide bonds. The lowest BCUT2D eigenvalue weighted by Crippen LogP contribution is -2.46. The van der Waals surface area contributed by atoms with E-state index in [-0.39, 0.29) is 17.5 Å². The van der Waals surface area contributed by atoms with Gasteiger partial charge in [-0.05, 0) is 124 Å². The molecule has 1 fully saturated rings. The first-order chi connectivity index (χ1) is 26.4. The maximum absolute atomic E-state index is 12.2. The number of esters is 1. The van der Waals surface area contributed by atoms with E-state index in [1.807, 2.05) is 106 Å². The van der Waals surface area contributed by atoms with Gasteiger partial charge in [0.15, 0.2) is 9.84 Å². The molecule has 5 aromatic rings. The van der Waals surface area contributed by atoms with Gasteiger partial charge >= 0.3 is 5.97 Å². The minimum atomic E-state index is -3.32. The van der Waals surface area contributed by atoms with Crippen LogP contribution in [0, 0.1) is 0 Å². The first kappa shape index (κ1) is 39.8. The molecule has 6 rings (SSSR count). The van der Waals surface area contributed by atoms with Crippen molar-refractivity contribution in [2.24, 2.45) is 0 Å². The molecule has 0 unspecified atom stereocenters. The van der Waals surface area contributed by atoms with Crippen molar-refractivity contribution in [3.05, 3.63) is 115 Å². The second kappa shape index (κ2) is 18.2. The third kappa shape index (κ3) is 11.6. The summed E-state index contributed by atoms with van der Waals surface area (Å²) in [6.45, 7) is 11.6. The summed E-state index contributed by atoms with van der Waals surface area (Å²) < 4.78 is 47.9. The maximum atomic E-state index is 12.2. The van der Waals surface area contributed by atoms with Crippen LogP contribution in [0.2, 0.25) is 0 Å². The fourth-order valence-corrected chi connectivity index (χ4v) is 7.27. The number of ether oxygens (including phenoxy) is 4. The standard InChI is InChI=1S/C45H52N2O7S/c1-45(2,3)54-43(48)33-51-30-10-6-9-25-46-26-28-47(29-27-46)37-16-18-38(19-17-37)53-44-41(35-13-21-40(22-14-35)55(4,49)50)23-15-36-31-39(20-24-42(36)44)52-32-34-11-7-5-8-12-34/h5,7-8,11-24,31H,6,9-10,25-30,32-33H2,1-4H3. The average Bonchev–Trinajstić information content (AvgIpc) is 3.17. The molecule has 1 saturated heterocycles. The Hall–Kier alpha value is -4.90. The van der Waals surface area contributed by atoms with E-state index in [9.17, 15) is 13.2 Å². The number of anilines is 1. The molecule has 290 valence electrons. The van der Waals surface area contributed by atoms with E-state index in [2.05, 4.69) is 21.9 Å². The van der Waals surface area contributed by atoms with Crippen molar-refractivity contribution in [2.75, 3.05) is 57.1 Å². The highest BCUT2D eigenvalue weighted by Gasteiger charge is 2.19. The molecule has 0 saturated carbocycles. The van der Waals surface area contributed by atoms with Crippen molar-refractivity contribution in [2.45, 2.75) is 57.1 Å². The monoisotopic (exact) mass is 764 g/mol. The van der Waals surface area contributed by atoms with Crippen LogP contribution in [0.1, 0.15) is 45.6 Å². The summed E-state index contributed by atoms with van der Waals surface area (Å²) in [5.41, 5.74) is 3.48. The topological polar surface area (TPSA) is 94.6 Å². The van der Waals surface area contributed by atoms with Crippen LogP contribution in [0.4, 0.5) is 5.69 Å². The molecule has 0 atom stereocenters. The number of nitrogens with zero attached hydrogens (tertiary/aromatic N) is 2. The van der Waals surface area contributed by atoms with Gasteiger partial charge in [-0.15, -0.1) is 0 Å². The van der Waals surface area contributed by atoms with Crippen molar-refractivity contribution in [1.82, 2.24) is 4.90 Å². The highest BCUT2D eigenvalue weighted by atomic mass is 32.2. The molecule has 55 heavy (non-hydrogen) atoms. The second-order valence-electron chi connectivity index (χ2n) is 15.0. The van der Waals surface area contributed by atoms with Crippen LogP contribution in [-0.2, 0) is 30.7 Å². The normalized spacial score (nSPS) is 13.9. The second-order valence-corrected chi connectivity index (χ2v) is 17.0. The number of rotatable bonds is 16. The molecule has 1 aliphatic rings. The van der Waals surface area contributed by atoms with Crippen LogP contribution in [-0.4, -0.2) is 77.1 Å². The molecule has 0 N–H and O–H groups in total. The first-order valence-electron chi connectivity index (χ1n) is 19.0. The zero-order valence-corrected chi connectivity index (χ0v) is 33.1. The van der Waals surface area contributed by atoms with Crippen molar-refractivity contribution < 1.29 is 32.2 Å². The number of fused-ring (bicyclic) bond motifs is 1. The number of sulfone groups is 1. The predicted molar refractivity (Wildman–Crippen MR) is 219 cm³/mol. The zero-order chi connectivity index (χ0) is 38.8. The Morgan fingerprint density at radius 1 is 0.764 bits per heavy atom. The van der Waals surface area contributed by atoms with Crippen molar-refractivity contribution in [1.29, 1.82) is 0 Å². The largest absolute Gasteiger partial charge is 0.489 e. The molecular formula is C45H52N2O7S. The summed E-state index contributed by atoms with van der Waals surface area (Å²) in [5.74, 6) is 1.85. The van der Waals surface area contributed by atoms with E-state index in [4.69, 9.17) is 18.9 Å². The van der Waals surface area contributed by atoms with Gasteiger partial charge in [-0.1, -0.05) is 48.5 Å². The Labute approximate surface area is 325 Å². The maximum Gasteiger partial charge on any atom is 0.332 e. The lowest BCUT2D eigenvalue weighted by atomic mass is 9.99. The molecule has 5 aromatic carbocycles. The van der Waals surface area contributed by atoms with E-state index in [1.165, 1.54) is 6.26 Å². The van der Waals surface area contributed by atoms with Gasteiger partial charge < -0.3 is 23.8 Å². The average molecular weight is 765 g/mol. The zero-order valence-electron chi connectivity index (χ0n) is 32.3.